The van der Waals surface area contributed by atoms with Gasteiger partial charge in [0.25, 0.3) is 0 Å². The Bertz CT molecular complexity index is 546. The van der Waals surface area contributed by atoms with Crippen LogP contribution in [0.1, 0.15) is 0 Å². The first-order chi connectivity index (χ1) is 8.81. The van der Waals surface area contributed by atoms with Crippen LogP contribution in [-0.4, -0.2) is 24.6 Å². The van der Waals surface area contributed by atoms with E-state index in [2.05, 4.69) is 9.05 Å². The molecule has 0 bridgehead atoms. The smallest absolute Gasteiger partial charge is 0.319 e. The Morgan fingerprint density at radius 1 is 1.05 bits per heavy atom. The third-order valence-electron chi connectivity index (χ3n) is 1.72. The van der Waals surface area contributed by atoms with E-state index in [0.29, 0.717) is 0 Å². The minimum atomic E-state index is -4.12. The molecule has 0 spiro atoms. The van der Waals surface area contributed by atoms with Crippen molar-refractivity contribution in [1.82, 2.24) is 4.72 Å². The van der Waals surface area contributed by atoms with Gasteiger partial charge in [0, 0.05) is 0 Å². The predicted octanol–water partition coefficient (Wildman–Crippen LogP) is 0.0457. The monoisotopic (exact) mass is 331 g/mol. The van der Waals surface area contributed by atoms with E-state index in [1.807, 2.05) is 0 Å². The van der Waals surface area contributed by atoms with Crippen LogP contribution in [0.2, 0.25) is 0 Å². The van der Waals surface area contributed by atoms with Crippen LogP contribution >= 0.6 is 16.5 Å². The zero-order valence-corrected chi connectivity index (χ0v) is 12.0. The molecule has 0 fully saturated rings. The van der Waals surface area contributed by atoms with Crippen LogP contribution in [0.15, 0.2) is 35.2 Å². The highest BCUT2D eigenvalue weighted by atomic mass is 32.2. The molecule has 0 saturated carbocycles. The summed E-state index contributed by atoms with van der Waals surface area (Å²) in [5.41, 5.74) is 0. The van der Waals surface area contributed by atoms with Crippen LogP contribution in [0, 0.1) is 0 Å². The van der Waals surface area contributed by atoms with Gasteiger partial charge < -0.3 is 9.79 Å². The fourth-order valence-corrected chi connectivity index (χ4v) is 2.90. The van der Waals surface area contributed by atoms with Gasteiger partial charge in [-0.05, 0) is 12.1 Å². The summed E-state index contributed by atoms with van der Waals surface area (Å²) in [4.78, 5) is 16.9. The maximum atomic E-state index is 11.8. The van der Waals surface area contributed by atoms with Gasteiger partial charge in [0.1, 0.15) is 0 Å². The first-order valence-electron chi connectivity index (χ1n) is 4.68. The van der Waals surface area contributed by atoms with Crippen LogP contribution in [-0.2, 0) is 28.2 Å². The fraction of sp³-hybridized carbons (Fsp3) is 0.143. The van der Waals surface area contributed by atoms with Crippen molar-refractivity contribution in [3.05, 3.63) is 30.3 Å². The summed E-state index contributed by atoms with van der Waals surface area (Å²) >= 11 is 0. The van der Waals surface area contributed by atoms with Crippen molar-refractivity contribution in [2.45, 2.75) is 11.3 Å². The average molecular weight is 331 g/mol. The zero-order valence-electron chi connectivity index (χ0n) is 9.22. The van der Waals surface area contributed by atoms with E-state index >= 15 is 0 Å². The Hall–Kier alpha value is -0.570. The lowest BCUT2D eigenvalue weighted by atomic mass is 10.4. The normalized spacial score (nSPS) is 16.7. The van der Waals surface area contributed by atoms with Gasteiger partial charge in [-0.25, -0.2) is 8.42 Å². The van der Waals surface area contributed by atoms with E-state index in [1.165, 1.54) is 24.3 Å². The van der Waals surface area contributed by atoms with E-state index in [4.69, 9.17) is 9.79 Å². The van der Waals surface area contributed by atoms with Crippen molar-refractivity contribution in [3.63, 3.8) is 0 Å². The quantitative estimate of drug-likeness (QED) is 0.470. The molecule has 12 heteroatoms. The van der Waals surface area contributed by atoms with E-state index < -0.39 is 32.9 Å². The van der Waals surface area contributed by atoms with E-state index in [0.717, 1.165) is 0 Å². The molecule has 0 aliphatic heterocycles. The van der Waals surface area contributed by atoms with Gasteiger partial charge in [0.05, 0.1) is 4.90 Å². The average Bonchev–Trinajstić information content (AvgIpc) is 2.27. The molecule has 2 unspecified atom stereocenters. The molecule has 0 aliphatic carbocycles. The molecule has 0 radical (unpaired) electrons. The standard InChI is InChI=1S/C7H11NO8P2S/c9-17(10)15-7(16-18(11)12)8-19(13,14)6-4-2-1-3-5-6/h1-5,7-8,17-18H,(H,9,10)(H,11,12). The summed E-state index contributed by atoms with van der Waals surface area (Å²) in [5.74, 6) is 0. The largest absolute Gasteiger partial charge is 0.326 e. The first kappa shape index (κ1) is 16.5. The summed E-state index contributed by atoms with van der Waals surface area (Å²) in [7, 11) is -11.3. The number of hydrogen-bond acceptors (Lipinski definition) is 6. The van der Waals surface area contributed by atoms with Crippen molar-refractivity contribution < 1.29 is 36.4 Å². The highest BCUT2D eigenvalue weighted by molar-refractivity contribution is 7.89. The van der Waals surface area contributed by atoms with Crippen molar-refractivity contribution in [2.24, 2.45) is 0 Å². The Kier molecular flexibility index (Phi) is 6.31. The minimum absolute atomic E-state index is 0.164. The molecule has 0 aromatic heterocycles. The third kappa shape index (κ3) is 5.94. The number of hydrogen-bond donors (Lipinski definition) is 3. The Morgan fingerprint density at radius 3 is 1.95 bits per heavy atom. The lowest BCUT2D eigenvalue weighted by molar-refractivity contribution is -0.00569. The van der Waals surface area contributed by atoms with E-state index in [9.17, 15) is 17.5 Å². The molecule has 0 heterocycles. The Balaban J connectivity index is 2.89. The second-order valence-corrected chi connectivity index (χ2v) is 6.28. The molecule has 1 aromatic carbocycles. The van der Waals surface area contributed by atoms with Crippen molar-refractivity contribution in [3.8, 4) is 0 Å². The van der Waals surface area contributed by atoms with Crippen molar-refractivity contribution in [1.29, 1.82) is 0 Å². The van der Waals surface area contributed by atoms with Gasteiger partial charge >= 0.3 is 16.5 Å². The molecule has 108 valence electrons. The van der Waals surface area contributed by atoms with Crippen molar-refractivity contribution in [2.75, 3.05) is 0 Å². The van der Waals surface area contributed by atoms with Crippen LogP contribution in [0.4, 0.5) is 0 Å². The lowest BCUT2D eigenvalue weighted by Gasteiger charge is -2.16. The van der Waals surface area contributed by atoms with Gasteiger partial charge in [0.2, 0.25) is 16.4 Å². The SMILES string of the molecule is O=[PH](O)OC(NS(=O)(=O)c1ccccc1)O[PH](=O)O. The highest BCUT2D eigenvalue weighted by Gasteiger charge is 2.23. The molecular formula is C7H11NO8P2S. The molecule has 0 saturated heterocycles. The molecule has 9 nitrogen and oxygen atoms in total. The predicted molar refractivity (Wildman–Crippen MR) is 65.2 cm³/mol. The molecule has 0 amide bonds. The molecular weight excluding hydrogens is 320 g/mol. The maximum Gasteiger partial charge on any atom is 0.319 e. The Labute approximate surface area is 110 Å². The fourth-order valence-electron chi connectivity index (χ4n) is 1.05. The molecule has 3 N–H and O–H groups in total. The lowest BCUT2D eigenvalue weighted by Crippen LogP contribution is -2.36. The molecule has 0 aliphatic rings. The van der Waals surface area contributed by atoms with Crippen LogP contribution < -0.4 is 4.72 Å². The summed E-state index contributed by atoms with van der Waals surface area (Å²) in [6, 6.07) is 7.00. The van der Waals surface area contributed by atoms with Crippen LogP contribution in [0.5, 0.6) is 0 Å². The number of rotatable bonds is 7. The van der Waals surface area contributed by atoms with E-state index in [1.54, 1.807) is 10.8 Å². The number of benzene rings is 1. The third-order valence-corrected chi connectivity index (χ3v) is 3.95. The molecule has 2 atom stereocenters. The van der Waals surface area contributed by atoms with Gasteiger partial charge in [-0.3, -0.25) is 18.2 Å². The summed E-state index contributed by atoms with van der Waals surface area (Å²) in [6.07, 6.45) is -2.03. The van der Waals surface area contributed by atoms with Gasteiger partial charge in [0.15, 0.2) is 0 Å². The Morgan fingerprint density at radius 2 is 1.53 bits per heavy atom. The zero-order chi connectivity index (χ0) is 14.5. The van der Waals surface area contributed by atoms with Crippen LogP contribution in [0.25, 0.3) is 0 Å². The van der Waals surface area contributed by atoms with Crippen molar-refractivity contribution >= 4 is 26.5 Å². The summed E-state index contributed by atoms with van der Waals surface area (Å²) in [5, 5.41) is 0. The first-order valence-corrected chi connectivity index (χ1v) is 8.69. The highest BCUT2D eigenvalue weighted by Crippen LogP contribution is 2.25. The topological polar surface area (TPSA) is 139 Å². The second kappa shape index (κ2) is 7.28. The maximum absolute atomic E-state index is 11.8. The molecule has 1 rings (SSSR count). The summed E-state index contributed by atoms with van der Waals surface area (Å²) < 4.78 is 54.6. The van der Waals surface area contributed by atoms with Crippen LogP contribution in [0.3, 0.4) is 0 Å². The number of sulfonamides is 1. The van der Waals surface area contributed by atoms with Gasteiger partial charge in [-0.2, -0.15) is 4.72 Å². The van der Waals surface area contributed by atoms with E-state index in [-0.39, 0.29) is 4.90 Å². The second-order valence-electron chi connectivity index (χ2n) is 3.03. The minimum Gasteiger partial charge on any atom is -0.326 e. The molecule has 1 aromatic rings. The molecule has 19 heavy (non-hydrogen) atoms. The van der Waals surface area contributed by atoms with Gasteiger partial charge in [-0.15, -0.1) is 0 Å². The summed E-state index contributed by atoms with van der Waals surface area (Å²) in [6.45, 7) is 0. The van der Waals surface area contributed by atoms with Gasteiger partial charge in [-0.1, -0.05) is 18.2 Å². The number of nitrogens with one attached hydrogen (secondary N) is 1.